The Morgan fingerprint density at radius 1 is 0.800 bits per heavy atom. The fourth-order valence-corrected chi connectivity index (χ4v) is 4.63. The van der Waals surface area contributed by atoms with E-state index in [0.29, 0.717) is 0 Å². The number of rotatable bonds is 12. The molecule has 0 radical (unpaired) electrons. The molecular formula is C28H41NO. The molecule has 30 heavy (non-hydrogen) atoms. The molecule has 2 heteroatoms. The maximum absolute atomic E-state index is 6.12. The number of hydrogen-bond donors (Lipinski definition) is 0. The van der Waals surface area contributed by atoms with Gasteiger partial charge >= 0.3 is 0 Å². The minimum atomic E-state index is 0.731. The van der Waals surface area contributed by atoms with Gasteiger partial charge in [-0.25, -0.2) is 0 Å². The summed E-state index contributed by atoms with van der Waals surface area (Å²) in [4.78, 5) is 4.67. The number of hydrogen-bond acceptors (Lipinski definition) is 2. The summed E-state index contributed by atoms with van der Waals surface area (Å²) in [6.07, 6.45) is 18.1. The van der Waals surface area contributed by atoms with Gasteiger partial charge in [0, 0.05) is 11.8 Å². The van der Waals surface area contributed by atoms with Gasteiger partial charge in [0.15, 0.2) is 0 Å². The normalized spacial score (nSPS) is 19.0. The summed E-state index contributed by atoms with van der Waals surface area (Å²) in [7, 11) is 0. The molecule has 1 aromatic heterocycles. The quantitative estimate of drug-likeness (QED) is 0.330. The molecule has 1 aromatic carbocycles. The lowest BCUT2D eigenvalue weighted by molar-refractivity contribution is 0.177. The highest BCUT2D eigenvalue weighted by molar-refractivity contribution is 5.60. The Labute approximate surface area is 184 Å². The van der Waals surface area contributed by atoms with Gasteiger partial charge in [-0.3, -0.25) is 4.98 Å². The molecule has 1 saturated carbocycles. The van der Waals surface area contributed by atoms with Gasteiger partial charge in [-0.05, 0) is 73.4 Å². The second kappa shape index (κ2) is 12.8. The fraction of sp³-hybridized carbons (Fsp3) is 0.607. The molecule has 164 valence electrons. The van der Waals surface area contributed by atoms with E-state index in [1.165, 1.54) is 76.2 Å². The predicted molar refractivity (Wildman–Crippen MR) is 128 cm³/mol. The zero-order chi connectivity index (χ0) is 21.0. The summed E-state index contributed by atoms with van der Waals surface area (Å²) in [6.45, 7) is 5.41. The fourth-order valence-electron chi connectivity index (χ4n) is 4.63. The first-order chi connectivity index (χ1) is 14.8. The minimum absolute atomic E-state index is 0.731. The molecule has 2 aromatic rings. The molecule has 1 heterocycles. The van der Waals surface area contributed by atoms with Crippen LogP contribution in [0.4, 0.5) is 0 Å². The molecule has 0 atom stereocenters. The molecule has 0 saturated heterocycles. The van der Waals surface area contributed by atoms with Crippen LogP contribution in [0.5, 0.6) is 5.75 Å². The van der Waals surface area contributed by atoms with Crippen molar-refractivity contribution < 1.29 is 4.74 Å². The van der Waals surface area contributed by atoms with Crippen LogP contribution >= 0.6 is 0 Å². The van der Waals surface area contributed by atoms with E-state index in [1.54, 1.807) is 0 Å². The third-order valence-corrected chi connectivity index (χ3v) is 6.71. The van der Waals surface area contributed by atoms with Gasteiger partial charge in [0.2, 0.25) is 0 Å². The Kier molecular flexibility index (Phi) is 9.73. The molecule has 0 spiro atoms. The van der Waals surface area contributed by atoms with Crippen molar-refractivity contribution in [1.29, 1.82) is 0 Å². The highest BCUT2D eigenvalue weighted by Gasteiger charge is 2.21. The molecule has 2 nitrogen and oxygen atoms in total. The summed E-state index contributed by atoms with van der Waals surface area (Å²) < 4.78 is 6.12. The summed E-state index contributed by atoms with van der Waals surface area (Å²) in [5.74, 6) is 2.69. The summed E-state index contributed by atoms with van der Waals surface area (Å²) >= 11 is 0. The SMILES string of the molecule is CCCCCc1ccc(-c2ccc(OC[C@H]3CC[C@H](CCCCC)CC3)cc2)nc1. The second-order valence-corrected chi connectivity index (χ2v) is 9.23. The van der Waals surface area contributed by atoms with Crippen molar-refractivity contribution >= 4 is 0 Å². The zero-order valence-corrected chi connectivity index (χ0v) is 19.2. The van der Waals surface area contributed by atoms with Crippen LogP contribution in [0.3, 0.4) is 0 Å². The summed E-state index contributed by atoms with van der Waals surface area (Å²) in [5.41, 5.74) is 3.55. The van der Waals surface area contributed by atoms with Gasteiger partial charge in [0.1, 0.15) is 5.75 Å². The first kappa shape index (κ1) is 22.8. The van der Waals surface area contributed by atoms with Crippen molar-refractivity contribution in [1.82, 2.24) is 4.98 Å². The maximum Gasteiger partial charge on any atom is 0.119 e. The van der Waals surface area contributed by atoms with Gasteiger partial charge in [0.05, 0.1) is 12.3 Å². The van der Waals surface area contributed by atoms with E-state index in [0.717, 1.165) is 41.9 Å². The van der Waals surface area contributed by atoms with Crippen molar-refractivity contribution in [2.45, 2.75) is 90.9 Å². The van der Waals surface area contributed by atoms with Gasteiger partial charge in [-0.1, -0.05) is 71.3 Å². The van der Waals surface area contributed by atoms with E-state index in [9.17, 15) is 0 Å². The molecule has 0 aliphatic heterocycles. The van der Waals surface area contributed by atoms with Crippen LogP contribution in [-0.2, 0) is 6.42 Å². The average Bonchev–Trinajstić information content (AvgIpc) is 2.80. The largest absolute Gasteiger partial charge is 0.493 e. The van der Waals surface area contributed by atoms with Crippen molar-refractivity contribution in [3.05, 3.63) is 48.2 Å². The molecule has 0 N–H and O–H groups in total. The topological polar surface area (TPSA) is 22.1 Å². The second-order valence-electron chi connectivity index (χ2n) is 9.23. The lowest BCUT2D eigenvalue weighted by atomic mass is 9.80. The number of ether oxygens (including phenoxy) is 1. The van der Waals surface area contributed by atoms with Crippen LogP contribution in [0.15, 0.2) is 42.6 Å². The molecular weight excluding hydrogens is 366 g/mol. The Balaban J connectivity index is 1.41. The number of nitrogens with zero attached hydrogens (tertiary/aromatic N) is 1. The van der Waals surface area contributed by atoms with Crippen LogP contribution < -0.4 is 4.74 Å². The zero-order valence-electron chi connectivity index (χ0n) is 19.2. The lowest BCUT2D eigenvalue weighted by Crippen LogP contribution is -2.20. The number of pyridine rings is 1. The van der Waals surface area contributed by atoms with Gasteiger partial charge in [0.25, 0.3) is 0 Å². The van der Waals surface area contributed by atoms with E-state index in [2.05, 4.69) is 55.2 Å². The third kappa shape index (κ3) is 7.45. The Hall–Kier alpha value is -1.83. The average molecular weight is 408 g/mol. The van der Waals surface area contributed by atoms with E-state index < -0.39 is 0 Å². The van der Waals surface area contributed by atoms with E-state index in [-0.39, 0.29) is 0 Å². The van der Waals surface area contributed by atoms with Crippen LogP contribution in [0.2, 0.25) is 0 Å². The van der Waals surface area contributed by atoms with Crippen molar-refractivity contribution in [2.24, 2.45) is 11.8 Å². The number of unbranched alkanes of at least 4 members (excludes halogenated alkanes) is 4. The molecule has 0 amide bonds. The molecule has 0 unspecified atom stereocenters. The number of benzene rings is 1. The van der Waals surface area contributed by atoms with Gasteiger partial charge in [-0.2, -0.15) is 0 Å². The Morgan fingerprint density at radius 2 is 1.50 bits per heavy atom. The minimum Gasteiger partial charge on any atom is -0.493 e. The number of aryl methyl sites for hydroxylation is 1. The maximum atomic E-state index is 6.12. The van der Waals surface area contributed by atoms with Crippen LogP contribution in [-0.4, -0.2) is 11.6 Å². The molecule has 3 rings (SSSR count). The number of aromatic nitrogens is 1. The molecule has 1 aliphatic rings. The Bertz CT molecular complexity index is 698. The van der Waals surface area contributed by atoms with Crippen LogP contribution in [0.1, 0.15) is 90.0 Å². The van der Waals surface area contributed by atoms with E-state index in [1.807, 2.05) is 6.20 Å². The molecule has 1 fully saturated rings. The molecule has 1 aliphatic carbocycles. The summed E-state index contributed by atoms with van der Waals surface area (Å²) in [5, 5.41) is 0. The van der Waals surface area contributed by atoms with Crippen molar-refractivity contribution in [2.75, 3.05) is 6.61 Å². The highest BCUT2D eigenvalue weighted by Crippen LogP contribution is 2.32. The standard InChI is InChI=1S/C28H41NO/c1-3-5-7-9-23-11-13-25(14-12-23)22-30-27-18-16-26(17-19-27)28-20-15-24(21-29-28)10-8-6-4-2/h15-21,23,25H,3-14,22H2,1-2H3/t23-,25-. The predicted octanol–water partition coefficient (Wildman–Crippen LogP) is 8.25. The smallest absolute Gasteiger partial charge is 0.119 e. The Morgan fingerprint density at radius 3 is 2.17 bits per heavy atom. The summed E-state index contributed by atoms with van der Waals surface area (Å²) in [6, 6.07) is 12.8. The van der Waals surface area contributed by atoms with E-state index >= 15 is 0 Å². The van der Waals surface area contributed by atoms with Crippen LogP contribution in [0.25, 0.3) is 11.3 Å². The lowest BCUT2D eigenvalue weighted by Gasteiger charge is -2.28. The first-order valence-electron chi connectivity index (χ1n) is 12.5. The third-order valence-electron chi connectivity index (χ3n) is 6.71. The van der Waals surface area contributed by atoms with Gasteiger partial charge in [-0.15, -0.1) is 0 Å². The van der Waals surface area contributed by atoms with Crippen molar-refractivity contribution in [3.8, 4) is 17.0 Å². The monoisotopic (exact) mass is 407 g/mol. The van der Waals surface area contributed by atoms with Crippen molar-refractivity contribution in [3.63, 3.8) is 0 Å². The highest BCUT2D eigenvalue weighted by atomic mass is 16.5. The van der Waals surface area contributed by atoms with E-state index in [4.69, 9.17) is 4.74 Å². The molecule has 0 bridgehead atoms. The first-order valence-corrected chi connectivity index (χ1v) is 12.5. The van der Waals surface area contributed by atoms with Crippen LogP contribution in [0, 0.1) is 11.8 Å². The van der Waals surface area contributed by atoms with Gasteiger partial charge < -0.3 is 4.74 Å².